The summed E-state index contributed by atoms with van der Waals surface area (Å²) in [5.74, 6) is -0.210. The van der Waals surface area contributed by atoms with E-state index in [4.69, 9.17) is 9.47 Å². The average Bonchev–Trinajstić information content (AvgIpc) is 2.88. The predicted molar refractivity (Wildman–Crippen MR) is 72.5 cm³/mol. The Labute approximate surface area is 117 Å². The normalized spacial score (nSPS) is 29.7. The Morgan fingerprint density at radius 1 is 1.35 bits per heavy atom. The number of hydrogen-bond donors (Lipinski definition) is 1. The van der Waals surface area contributed by atoms with Crippen LogP contribution in [0.3, 0.4) is 0 Å². The summed E-state index contributed by atoms with van der Waals surface area (Å²) in [6, 6.07) is 6.43. The molecule has 1 aromatic carbocycles. The van der Waals surface area contributed by atoms with E-state index in [2.05, 4.69) is 16.3 Å². The number of hydrogen-bond acceptors (Lipinski definition) is 5. The van der Waals surface area contributed by atoms with Gasteiger partial charge < -0.3 is 14.8 Å². The molecule has 0 spiro atoms. The second kappa shape index (κ2) is 4.84. The molecule has 0 bridgehead atoms. The van der Waals surface area contributed by atoms with E-state index < -0.39 is 0 Å². The van der Waals surface area contributed by atoms with Crippen LogP contribution in [0.4, 0.5) is 0 Å². The molecule has 2 saturated heterocycles. The van der Waals surface area contributed by atoms with Crippen LogP contribution in [0.1, 0.15) is 27.6 Å². The Bertz CT molecular complexity index is 546. The van der Waals surface area contributed by atoms with Crippen molar-refractivity contribution < 1.29 is 14.3 Å². The molecule has 4 rings (SSSR count). The maximum Gasteiger partial charge on any atom is 0.338 e. The van der Waals surface area contributed by atoms with Gasteiger partial charge in [-0.3, -0.25) is 4.90 Å². The smallest absolute Gasteiger partial charge is 0.338 e. The summed E-state index contributed by atoms with van der Waals surface area (Å²) < 4.78 is 11.1. The first kappa shape index (κ1) is 12.3. The molecule has 1 aromatic rings. The molecule has 0 saturated carbocycles. The Hall–Kier alpha value is -1.43. The Kier molecular flexibility index (Phi) is 2.98. The topological polar surface area (TPSA) is 50.8 Å². The molecular formula is C15H18N2O3. The molecule has 5 nitrogen and oxygen atoms in total. The molecule has 5 heteroatoms. The largest absolute Gasteiger partial charge is 0.457 e. The first-order chi connectivity index (χ1) is 9.81. The maximum atomic E-state index is 11.5. The fourth-order valence-electron chi connectivity index (χ4n) is 3.26. The molecule has 1 N–H and O–H groups in total. The molecule has 2 fully saturated rings. The van der Waals surface area contributed by atoms with E-state index >= 15 is 0 Å². The molecular weight excluding hydrogens is 256 g/mol. The number of esters is 1. The number of carbonyl (C=O) groups excluding carboxylic acids is 1. The van der Waals surface area contributed by atoms with Gasteiger partial charge in [-0.2, -0.15) is 0 Å². The lowest BCUT2D eigenvalue weighted by Gasteiger charge is -2.42. The van der Waals surface area contributed by atoms with Gasteiger partial charge in [0.15, 0.2) is 0 Å². The average molecular weight is 274 g/mol. The molecule has 3 aliphatic rings. The number of cyclic esters (lactones) is 1. The van der Waals surface area contributed by atoms with Crippen LogP contribution in [0.25, 0.3) is 0 Å². The van der Waals surface area contributed by atoms with E-state index in [1.54, 1.807) is 0 Å². The van der Waals surface area contributed by atoms with Gasteiger partial charge in [-0.1, -0.05) is 6.07 Å². The fourth-order valence-corrected chi connectivity index (χ4v) is 3.26. The van der Waals surface area contributed by atoms with Crippen molar-refractivity contribution in [3.05, 3.63) is 34.9 Å². The highest BCUT2D eigenvalue weighted by Gasteiger charge is 2.32. The number of carbonyl (C=O) groups is 1. The molecule has 0 aliphatic carbocycles. The number of nitrogens with one attached hydrogen (secondary N) is 1. The van der Waals surface area contributed by atoms with Crippen molar-refractivity contribution in [1.82, 2.24) is 10.2 Å². The molecule has 106 valence electrons. The zero-order valence-corrected chi connectivity index (χ0v) is 11.3. The van der Waals surface area contributed by atoms with Gasteiger partial charge >= 0.3 is 5.97 Å². The van der Waals surface area contributed by atoms with Gasteiger partial charge in [0.1, 0.15) is 6.61 Å². The molecule has 0 radical (unpaired) electrons. The van der Waals surface area contributed by atoms with Crippen LogP contribution in [0, 0.1) is 0 Å². The van der Waals surface area contributed by atoms with Gasteiger partial charge in [0.05, 0.1) is 18.3 Å². The van der Waals surface area contributed by atoms with Crippen LogP contribution in [0.2, 0.25) is 0 Å². The Balaban J connectivity index is 1.55. The first-order valence-electron chi connectivity index (χ1n) is 7.17. The maximum absolute atomic E-state index is 11.5. The molecule has 3 aliphatic heterocycles. The second-order valence-electron chi connectivity index (χ2n) is 5.67. The summed E-state index contributed by atoms with van der Waals surface area (Å²) in [6.45, 7) is 5.24. The van der Waals surface area contributed by atoms with E-state index in [0.29, 0.717) is 18.2 Å². The van der Waals surface area contributed by atoms with Crippen LogP contribution < -0.4 is 5.32 Å². The van der Waals surface area contributed by atoms with E-state index in [0.717, 1.165) is 43.9 Å². The lowest BCUT2D eigenvalue weighted by molar-refractivity contribution is -0.0718. The van der Waals surface area contributed by atoms with E-state index in [1.165, 1.54) is 0 Å². The van der Waals surface area contributed by atoms with Gasteiger partial charge in [-0.05, 0) is 17.7 Å². The van der Waals surface area contributed by atoms with Gasteiger partial charge in [-0.15, -0.1) is 0 Å². The molecule has 2 atom stereocenters. The monoisotopic (exact) mass is 274 g/mol. The number of morpholine rings is 1. The van der Waals surface area contributed by atoms with E-state index in [1.807, 2.05) is 12.1 Å². The summed E-state index contributed by atoms with van der Waals surface area (Å²) >= 11 is 0. The summed E-state index contributed by atoms with van der Waals surface area (Å²) in [7, 11) is 0. The Morgan fingerprint density at radius 2 is 2.30 bits per heavy atom. The van der Waals surface area contributed by atoms with Crippen LogP contribution in [0.15, 0.2) is 18.2 Å². The van der Waals surface area contributed by atoms with Crippen molar-refractivity contribution in [3.63, 3.8) is 0 Å². The highest BCUT2D eigenvalue weighted by atomic mass is 16.5. The summed E-state index contributed by atoms with van der Waals surface area (Å²) in [6.07, 6.45) is 0.102. The minimum Gasteiger partial charge on any atom is -0.457 e. The Morgan fingerprint density at radius 3 is 3.25 bits per heavy atom. The zero-order valence-electron chi connectivity index (χ0n) is 11.3. The minimum absolute atomic E-state index is 0.102. The molecule has 0 amide bonds. The number of nitrogens with zero attached hydrogens (tertiary/aromatic N) is 1. The summed E-state index contributed by atoms with van der Waals surface area (Å²) in [5, 5.41) is 3.40. The minimum atomic E-state index is -0.210. The van der Waals surface area contributed by atoms with Crippen molar-refractivity contribution in [2.24, 2.45) is 0 Å². The van der Waals surface area contributed by atoms with E-state index in [-0.39, 0.29) is 12.1 Å². The van der Waals surface area contributed by atoms with Gasteiger partial charge in [0.25, 0.3) is 0 Å². The second-order valence-corrected chi connectivity index (χ2v) is 5.67. The van der Waals surface area contributed by atoms with Crippen molar-refractivity contribution in [1.29, 1.82) is 0 Å². The van der Waals surface area contributed by atoms with Crippen molar-refractivity contribution >= 4 is 5.97 Å². The quantitative estimate of drug-likeness (QED) is 0.764. The third-order valence-corrected chi connectivity index (χ3v) is 4.44. The number of ether oxygens (including phenoxy) is 2. The zero-order chi connectivity index (χ0) is 13.5. The van der Waals surface area contributed by atoms with Crippen molar-refractivity contribution in [2.45, 2.75) is 18.8 Å². The number of benzene rings is 1. The molecule has 0 aromatic heterocycles. The summed E-state index contributed by atoms with van der Waals surface area (Å²) in [4.78, 5) is 14.0. The fraction of sp³-hybridized carbons (Fsp3) is 0.533. The summed E-state index contributed by atoms with van der Waals surface area (Å²) in [5.41, 5.74) is 2.84. The molecule has 20 heavy (non-hydrogen) atoms. The standard InChI is InChI=1S/C15H18N2O3/c18-15-13-2-1-10(5-11(13)8-20-15)14-7-17-4-3-16-6-12(17)9-19-14/h1-2,5,12,14,16H,3-4,6-9H2/t12-,14+/m0/s1. The van der Waals surface area contributed by atoms with Crippen LogP contribution in [0.5, 0.6) is 0 Å². The van der Waals surface area contributed by atoms with Gasteiger partial charge in [0, 0.05) is 37.8 Å². The number of piperazine rings is 1. The van der Waals surface area contributed by atoms with Crippen LogP contribution >= 0.6 is 0 Å². The van der Waals surface area contributed by atoms with E-state index in [9.17, 15) is 4.79 Å². The number of fused-ring (bicyclic) bond motifs is 2. The third-order valence-electron chi connectivity index (χ3n) is 4.44. The SMILES string of the molecule is O=C1OCc2cc([C@H]3CN4CCNC[C@H]4CO3)ccc21. The van der Waals surface area contributed by atoms with Gasteiger partial charge in [-0.25, -0.2) is 4.79 Å². The third kappa shape index (κ3) is 2.02. The first-order valence-corrected chi connectivity index (χ1v) is 7.17. The lowest BCUT2D eigenvalue weighted by atomic mass is 10.00. The molecule has 3 heterocycles. The predicted octanol–water partition coefficient (Wildman–Crippen LogP) is 0.702. The number of rotatable bonds is 1. The van der Waals surface area contributed by atoms with Crippen molar-refractivity contribution in [3.8, 4) is 0 Å². The highest BCUT2D eigenvalue weighted by molar-refractivity contribution is 5.93. The lowest BCUT2D eigenvalue weighted by Crippen LogP contribution is -2.57. The molecule has 0 unspecified atom stereocenters. The van der Waals surface area contributed by atoms with Crippen LogP contribution in [-0.2, 0) is 16.1 Å². The van der Waals surface area contributed by atoms with Crippen LogP contribution in [-0.4, -0.2) is 49.7 Å². The highest BCUT2D eigenvalue weighted by Crippen LogP contribution is 2.29. The van der Waals surface area contributed by atoms with Crippen molar-refractivity contribution in [2.75, 3.05) is 32.8 Å². The van der Waals surface area contributed by atoms with Gasteiger partial charge in [0.2, 0.25) is 0 Å².